The fraction of sp³-hybridized carbons (Fsp3) is 0.476. The van der Waals surface area contributed by atoms with Crippen molar-refractivity contribution < 1.29 is 22.7 Å². The largest absolute Gasteiger partial charge is 0.490 e. The normalized spacial score (nSPS) is 25.4. The van der Waals surface area contributed by atoms with Gasteiger partial charge < -0.3 is 9.57 Å². The number of halogens is 3. The average Bonchev–Trinajstić information content (AvgIpc) is 2.64. The smallest absolute Gasteiger partial charge is 0.417 e. The zero-order valence-corrected chi connectivity index (χ0v) is 15.7. The Hall–Kier alpha value is -2.28. The molecule has 2 aliphatic rings. The van der Waals surface area contributed by atoms with E-state index in [1.165, 1.54) is 11.6 Å². The lowest BCUT2D eigenvalue weighted by molar-refractivity contribution is -0.185. The number of hydrogen-bond donors (Lipinski definition) is 0. The summed E-state index contributed by atoms with van der Waals surface area (Å²) in [5, 5.41) is 1.92. The second kappa shape index (κ2) is 7.62. The van der Waals surface area contributed by atoms with E-state index in [1.807, 2.05) is 36.3 Å². The number of pyridine rings is 1. The van der Waals surface area contributed by atoms with E-state index in [0.717, 1.165) is 50.1 Å². The van der Waals surface area contributed by atoms with Gasteiger partial charge in [-0.15, -0.1) is 5.06 Å². The Morgan fingerprint density at radius 1 is 1.00 bits per heavy atom. The number of piperidine rings is 2. The molecule has 7 heteroatoms. The number of nitrogens with zero attached hydrogens (tertiary/aromatic N) is 2. The fourth-order valence-electron chi connectivity index (χ4n) is 4.05. The van der Waals surface area contributed by atoms with Crippen molar-refractivity contribution in [2.24, 2.45) is 0 Å². The molecule has 2 bridgehead atoms. The number of hydroxylamine groups is 2. The van der Waals surface area contributed by atoms with Crippen LogP contribution in [0.5, 0.6) is 11.6 Å². The van der Waals surface area contributed by atoms with Gasteiger partial charge in [-0.2, -0.15) is 13.2 Å². The van der Waals surface area contributed by atoms with Crippen molar-refractivity contribution >= 4 is 0 Å². The minimum absolute atomic E-state index is 0.110. The van der Waals surface area contributed by atoms with Crippen LogP contribution in [-0.4, -0.2) is 28.2 Å². The van der Waals surface area contributed by atoms with Gasteiger partial charge in [0, 0.05) is 37.2 Å². The standard InChI is InChI=1S/C21H23F3N2O2/c1-14-5-8-18(9-6-14)27-19-11-16-3-2-4-17(12-19)26(16)28-20-10-7-15(13-25-20)21(22,23)24/h5-10,13,16-17,19H,2-4,11-12H2,1H3/t16-,17+,19?. The van der Waals surface area contributed by atoms with Crippen LogP contribution in [0.25, 0.3) is 0 Å². The summed E-state index contributed by atoms with van der Waals surface area (Å²) in [4.78, 5) is 9.75. The van der Waals surface area contributed by atoms with Crippen LogP contribution < -0.4 is 9.57 Å². The van der Waals surface area contributed by atoms with Crippen molar-refractivity contribution in [3.8, 4) is 11.6 Å². The Morgan fingerprint density at radius 2 is 1.68 bits per heavy atom. The molecule has 0 radical (unpaired) electrons. The molecule has 0 amide bonds. The van der Waals surface area contributed by atoms with Gasteiger partial charge in [-0.05, 0) is 38.0 Å². The van der Waals surface area contributed by atoms with E-state index < -0.39 is 11.7 Å². The molecule has 3 atom stereocenters. The molecular weight excluding hydrogens is 369 g/mol. The Kier molecular flexibility index (Phi) is 5.19. The molecule has 2 saturated heterocycles. The molecule has 0 spiro atoms. The lowest BCUT2D eigenvalue weighted by Gasteiger charge is -2.46. The molecule has 2 fully saturated rings. The molecular formula is C21H23F3N2O2. The van der Waals surface area contributed by atoms with Crippen molar-refractivity contribution in [3.63, 3.8) is 0 Å². The van der Waals surface area contributed by atoms with Crippen molar-refractivity contribution in [1.82, 2.24) is 10.0 Å². The topological polar surface area (TPSA) is 34.6 Å². The van der Waals surface area contributed by atoms with E-state index in [4.69, 9.17) is 9.57 Å². The second-order valence-corrected chi connectivity index (χ2v) is 7.60. The summed E-state index contributed by atoms with van der Waals surface area (Å²) >= 11 is 0. The Labute approximate surface area is 162 Å². The van der Waals surface area contributed by atoms with Crippen LogP contribution in [0.1, 0.15) is 43.2 Å². The van der Waals surface area contributed by atoms with E-state index in [9.17, 15) is 13.2 Å². The van der Waals surface area contributed by atoms with Crippen LogP contribution in [0, 0.1) is 6.92 Å². The van der Waals surface area contributed by atoms with Gasteiger partial charge in [-0.25, -0.2) is 4.98 Å². The Balaban J connectivity index is 1.41. The number of ether oxygens (including phenoxy) is 1. The lowest BCUT2D eigenvalue weighted by Crippen LogP contribution is -2.55. The highest BCUT2D eigenvalue weighted by atomic mass is 19.4. The molecule has 1 unspecified atom stereocenters. The predicted molar refractivity (Wildman–Crippen MR) is 98.0 cm³/mol. The molecule has 4 nitrogen and oxygen atoms in total. The number of aromatic nitrogens is 1. The number of rotatable bonds is 4. The maximum absolute atomic E-state index is 12.7. The third kappa shape index (κ3) is 4.24. The predicted octanol–water partition coefficient (Wildman–Crippen LogP) is 5.17. The third-order valence-electron chi connectivity index (χ3n) is 5.45. The van der Waals surface area contributed by atoms with Gasteiger partial charge >= 0.3 is 6.18 Å². The first-order valence-corrected chi connectivity index (χ1v) is 9.61. The maximum Gasteiger partial charge on any atom is 0.417 e. The van der Waals surface area contributed by atoms with E-state index >= 15 is 0 Å². The van der Waals surface area contributed by atoms with Crippen LogP contribution in [0.2, 0.25) is 0 Å². The molecule has 0 saturated carbocycles. The number of fused-ring (bicyclic) bond motifs is 2. The molecule has 1 aromatic heterocycles. The number of benzene rings is 1. The van der Waals surface area contributed by atoms with Gasteiger partial charge in [0.05, 0.1) is 5.56 Å². The summed E-state index contributed by atoms with van der Waals surface area (Å²) in [6.45, 7) is 2.04. The van der Waals surface area contributed by atoms with Crippen LogP contribution in [0.15, 0.2) is 42.6 Å². The van der Waals surface area contributed by atoms with Crippen molar-refractivity contribution in [1.29, 1.82) is 0 Å². The second-order valence-electron chi connectivity index (χ2n) is 7.60. The van der Waals surface area contributed by atoms with E-state index in [1.54, 1.807) is 0 Å². The van der Waals surface area contributed by atoms with Crippen molar-refractivity contribution in [2.75, 3.05) is 0 Å². The molecule has 2 aliphatic heterocycles. The molecule has 28 heavy (non-hydrogen) atoms. The van der Waals surface area contributed by atoms with E-state index in [0.29, 0.717) is 0 Å². The number of aryl methyl sites for hydroxylation is 1. The summed E-state index contributed by atoms with van der Waals surface area (Å²) in [6.07, 6.45) is 1.25. The van der Waals surface area contributed by atoms with Gasteiger partial charge in [0.25, 0.3) is 0 Å². The SMILES string of the molecule is Cc1ccc(OC2C[C@H]3CCC[C@@H](C2)N3Oc2ccc(C(F)(F)F)cn2)cc1. The van der Waals surface area contributed by atoms with Crippen molar-refractivity contribution in [2.45, 2.75) is 63.4 Å². The lowest BCUT2D eigenvalue weighted by atomic mass is 9.84. The van der Waals surface area contributed by atoms with Gasteiger partial charge in [0.15, 0.2) is 0 Å². The van der Waals surface area contributed by atoms with Gasteiger partial charge in [0.1, 0.15) is 11.9 Å². The van der Waals surface area contributed by atoms with Gasteiger partial charge in [-0.1, -0.05) is 24.1 Å². The first-order chi connectivity index (χ1) is 13.4. The Morgan fingerprint density at radius 3 is 2.25 bits per heavy atom. The molecule has 0 aliphatic carbocycles. The molecule has 0 N–H and O–H groups in total. The van der Waals surface area contributed by atoms with E-state index in [-0.39, 0.29) is 24.1 Å². The molecule has 3 heterocycles. The number of alkyl halides is 3. The summed E-state index contributed by atoms with van der Waals surface area (Å²) in [6, 6.07) is 10.7. The zero-order chi connectivity index (χ0) is 19.7. The van der Waals surface area contributed by atoms with Crippen LogP contribution >= 0.6 is 0 Å². The number of hydrogen-bond acceptors (Lipinski definition) is 4. The monoisotopic (exact) mass is 392 g/mol. The minimum atomic E-state index is -4.40. The van der Waals surface area contributed by atoms with E-state index in [2.05, 4.69) is 4.98 Å². The third-order valence-corrected chi connectivity index (χ3v) is 5.45. The summed E-state index contributed by atoms with van der Waals surface area (Å²) < 4.78 is 44.3. The first kappa shape index (κ1) is 19.1. The first-order valence-electron chi connectivity index (χ1n) is 9.61. The van der Waals surface area contributed by atoms with Crippen LogP contribution in [0.4, 0.5) is 13.2 Å². The van der Waals surface area contributed by atoms with Crippen molar-refractivity contribution in [3.05, 3.63) is 53.7 Å². The zero-order valence-electron chi connectivity index (χ0n) is 15.7. The molecule has 2 aromatic rings. The maximum atomic E-state index is 12.7. The van der Waals surface area contributed by atoms with Crippen LogP contribution in [-0.2, 0) is 6.18 Å². The quantitative estimate of drug-likeness (QED) is 0.719. The minimum Gasteiger partial charge on any atom is -0.490 e. The summed E-state index contributed by atoms with van der Waals surface area (Å²) in [5.41, 5.74) is 0.418. The highest BCUT2D eigenvalue weighted by Crippen LogP contribution is 2.36. The summed E-state index contributed by atoms with van der Waals surface area (Å²) in [7, 11) is 0. The van der Waals surface area contributed by atoms with Crippen LogP contribution in [0.3, 0.4) is 0 Å². The summed E-state index contributed by atoms with van der Waals surface area (Å²) in [5.74, 6) is 1.07. The molecule has 150 valence electrons. The Bertz CT molecular complexity index is 779. The highest BCUT2D eigenvalue weighted by Gasteiger charge is 2.41. The van der Waals surface area contributed by atoms with Gasteiger partial charge in [-0.3, -0.25) is 0 Å². The fourth-order valence-corrected chi connectivity index (χ4v) is 4.05. The average molecular weight is 392 g/mol. The molecule has 1 aromatic carbocycles. The van der Waals surface area contributed by atoms with Gasteiger partial charge in [0.2, 0.25) is 5.88 Å². The highest BCUT2D eigenvalue weighted by molar-refractivity contribution is 5.26. The molecule has 4 rings (SSSR count).